The first-order valence-electron chi connectivity index (χ1n) is 41.3. The fraction of sp³-hybridized carbons (Fsp3) is 0.437. The molecule has 5 aromatic carbocycles. The Bertz CT molecular complexity index is 3200. The number of allylic oxidation sites excluding steroid dienone is 23. The van der Waals surface area contributed by atoms with Crippen molar-refractivity contribution >= 4 is 50.0 Å². The van der Waals surface area contributed by atoms with E-state index in [2.05, 4.69) is 265 Å². The van der Waals surface area contributed by atoms with Crippen molar-refractivity contribution in [2.45, 2.75) is 278 Å². The van der Waals surface area contributed by atoms with Gasteiger partial charge in [0.05, 0.1) is 11.1 Å². The fourth-order valence-corrected chi connectivity index (χ4v) is 10.9. The average molecular weight is 1540 g/mol. The van der Waals surface area contributed by atoms with Gasteiger partial charge in [-0.1, -0.05) is 339 Å². The summed E-state index contributed by atoms with van der Waals surface area (Å²) in [7, 11) is -1.49. The number of amides is 2. The third-order valence-electron chi connectivity index (χ3n) is 17.0. The zero-order chi connectivity index (χ0) is 82.8. The lowest BCUT2D eigenvalue weighted by atomic mass is 9.99. The van der Waals surface area contributed by atoms with Crippen molar-refractivity contribution in [1.29, 1.82) is 0 Å². The number of alkyl halides is 1. The van der Waals surface area contributed by atoms with Crippen LogP contribution in [0.15, 0.2) is 273 Å². The van der Waals surface area contributed by atoms with E-state index in [9.17, 15) is 14.0 Å². The molecule has 0 N–H and O–H groups in total. The second-order valence-electron chi connectivity index (χ2n) is 27.7. The average Bonchev–Trinajstić information content (AvgIpc) is 1.64. The Morgan fingerprint density at radius 2 is 0.855 bits per heavy atom. The number of aryl methyl sites for hydroxylation is 2. The van der Waals surface area contributed by atoms with Gasteiger partial charge in [0.15, 0.2) is 8.32 Å². The van der Waals surface area contributed by atoms with Crippen LogP contribution in [-0.4, -0.2) is 44.1 Å². The summed E-state index contributed by atoms with van der Waals surface area (Å²) >= 11 is 5.40. The van der Waals surface area contributed by atoms with Crippen LogP contribution in [0, 0.1) is 12.7 Å². The highest BCUT2D eigenvalue weighted by Crippen LogP contribution is 2.36. The van der Waals surface area contributed by atoms with Crippen LogP contribution in [0.25, 0.3) is 18.2 Å². The van der Waals surface area contributed by atoms with E-state index in [-0.39, 0.29) is 17.6 Å². The summed E-state index contributed by atoms with van der Waals surface area (Å²) < 4.78 is 18.3. The minimum absolute atomic E-state index is 0.161. The number of carbonyl (C=O) groups is 2. The van der Waals surface area contributed by atoms with Crippen LogP contribution < -0.4 is 0 Å². The highest BCUT2D eigenvalue weighted by molar-refractivity contribution is 6.74. The molecule has 0 radical (unpaired) electrons. The quantitative estimate of drug-likeness (QED) is 0.0158. The topological polar surface area (TPSA) is 46.6 Å². The van der Waals surface area contributed by atoms with Crippen LogP contribution in [0.2, 0.25) is 18.1 Å². The molecule has 0 saturated carbocycles. The molecule has 1 aliphatic carbocycles. The number of imide groups is 1. The summed E-state index contributed by atoms with van der Waals surface area (Å²) in [5, 5.41) is 0.341. The maximum atomic E-state index is 12.3. The van der Waals surface area contributed by atoms with Gasteiger partial charge in [-0.2, -0.15) is 0 Å². The molecule has 0 atom stereocenters. The summed E-state index contributed by atoms with van der Waals surface area (Å²) in [4.78, 5) is 25.3. The molecule has 0 spiro atoms. The first kappa shape index (κ1) is 109. The van der Waals surface area contributed by atoms with Crippen molar-refractivity contribution in [1.82, 2.24) is 4.90 Å². The Morgan fingerprint density at radius 3 is 1.28 bits per heavy atom. The van der Waals surface area contributed by atoms with E-state index in [0.717, 1.165) is 75.8 Å². The van der Waals surface area contributed by atoms with Gasteiger partial charge in [0.2, 0.25) is 0 Å². The SMILES string of the molecule is C/C=C/C1=CCCCC1.C/C=C/CCCC.C/C=C/CCCCCC.C/C=C/CCCCl.C/C=C/CCCN1C(=O)c2ccccc2C1=O.C/C=C/CCCO[Si](C)(C)C(C)(C)C.C/C=C/CCc1ccccc1.C/C=C/c1ccc(C)cc1.C/C=C/c1ccc(F)cc1.C/C=C/c1ccccc1.CC=CC/C=C/C. The standard InChI is InChI=1S/C14H15NO2.C12H26OSi.C11H14.C10H12.C9H9F.C9H14.C9H10.C9H18.C7H14.C7H12.C6H11Cl/c1-2-3-4-7-10-15-13(16)11-8-5-6-9-12(11)14(15)17;1-7-8-9-10-11-13-14(5,6)12(2,3)4;1-2-3-5-8-11-9-6-4-7-10-11;1-3-4-10-7-5-9(2)6-8-10;1-2-3-8-4-6-9(10)7-5-8;2*1-2-6-9-7-4-3-5-8-9;1-3-5-7-9-8-6-4-2;2*1-3-5-7-6-4-2;1-2-3-4-5-6-7/h2-3,5-6,8-9H,4,7,10H2,1H3;7-8H,9-11H2,1-6H3;2-4,6-7,9-10H,5,8H2,1H3;3-8H,1-2H3;2-7H,1H3;2,6-7H,3-5,8H2,1H3;2-8H,1H3;3,5H,4,6-9H2,1-2H3;3,5H,4,6-7H2,1-2H3;3-6H,7H2,1-2H3;2-3H,4-6H2,1H3/b3-2+;8-7+;3-2+;4-3+;3-2+;2*6-2+;2*5-3+;5-3+,6-4?;3-2+. The number of hydrogen-bond acceptors (Lipinski definition) is 3. The van der Waals surface area contributed by atoms with Crippen molar-refractivity contribution in [3.63, 3.8) is 0 Å². The summed E-state index contributed by atoms with van der Waals surface area (Å²) in [6.07, 6.45) is 78.3. The van der Waals surface area contributed by atoms with Gasteiger partial charge in [-0.15, -0.1) is 11.6 Å². The molecule has 0 fully saturated rings. The highest BCUT2D eigenvalue weighted by Gasteiger charge is 2.37. The van der Waals surface area contributed by atoms with Gasteiger partial charge in [0, 0.05) is 19.0 Å². The minimum atomic E-state index is -1.49. The molecule has 2 aliphatic rings. The predicted molar refractivity (Wildman–Crippen MR) is 499 cm³/mol. The lowest BCUT2D eigenvalue weighted by Gasteiger charge is -2.36. The number of unbranched alkanes of at least 4 members (excludes halogenated alkanes) is 9. The summed E-state index contributed by atoms with van der Waals surface area (Å²) in [5.74, 6) is 0.273. The number of rotatable bonds is 29. The molecular formula is C103H155ClFNO3Si. The second kappa shape index (κ2) is 80.8. The molecule has 4 nitrogen and oxygen atoms in total. The van der Waals surface area contributed by atoms with Crippen LogP contribution in [0.3, 0.4) is 0 Å². The number of carbonyl (C=O) groups excluding carboxylic acids is 2. The monoisotopic (exact) mass is 1540 g/mol. The van der Waals surface area contributed by atoms with Crippen LogP contribution in [-0.2, 0) is 10.8 Å². The van der Waals surface area contributed by atoms with Crippen LogP contribution in [0.4, 0.5) is 4.39 Å². The highest BCUT2D eigenvalue weighted by atomic mass is 35.5. The molecule has 608 valence electrons. The van der Waals surface area contributed by atoms with Gasteiger partial charge in [-0.3, -0.25) is 14.5 Å². The maximum absolute atomic E-state index is 12.3. The van der Waals surface area contributed by atoms with E-state index in [1.54, 1.807) is 36.4 Å². The number of hydrogen-bond donors (Lipinski definition) is 0. The molecule has 0 aromatic heterocycles. The third kappa shape index (κ3) is 67.2. The van der Waals surface area contributed by atoms with Crippen molar-refractivity contribution in [2.75, 3.05) is 19.0 Å². The van der Waals surface area contributed by atoms with E-state index in [1.807, 2.05) is 109 Å². The Balaban J connectivity index is -0.000000568. The summed E-state index contributed by atoms with van der Waals surface area (Å²) in [6.45, 7) is 43.8. The van der Waals surface area contributed by atoms with Gasteiger partial charge in [0.25, 0.3) is 11.8 Å². The second-order valence-corrected chi connectivity index (χ2v) is 32.9. The molecule has 5 aromatic rings. The van der Waals surface area contributed by atoms with Gasteiger partial charge < -0.3 is 4.43 Å². The van der Waals surface area contributed by atoms with E-state index in [4.69, 9.17) is 16.0 Å². The maximum Gasteiger partial charge on any atom is 0.261 e. The van der Waals surface area contributed by atoms with E-state index < -0.39 is 8.32 Å². The van der Waals surface area contributed by atoms with Crippen LogP contribution >= 0.6 is 11.6 Å². The lowest BCUT2D eigenvalue weighted by molar-refractivity contribution is 0.0652. The van der Waals surface area contributed by atoms with Gasteiger partial charge >= 0.3 is 0 Å². The molecule has 1 heterocycles. The van der Waals surface area contributed by atoms with Crippen LogP contribution in [0.5, 0.6) is 0 Å². The van der Waals surface area contributed by atoms with E-state index in [1.165, 1.54) is 122 Å². The van der Waals surface area contributed by atoms with Crippen molar-refractivity contribution < 1.29 is 18.4 Å². The fourth-order valence-electron chi connectivity index (χ4n) is 9.63. The number of fused-ring (bicyclic) bond motifs is 1. The largest absolute Gasteiger partial charge is 0.417 e. The number of halogens is 2. The first-order chi connectivity index (χ1) is 53.2. The molecule has 7 heteroatoms. The van der Waals surface area contributed by atoms with Gasteiger partial charge in [0.1, 0.15) is 5.82 Å². The molecule has 0 saturated heterocycles. The number of benzene rings is 5. The minimum Gasteiger partial charge on any atom is -0.417 e. The van der Waals surface area contributed by atoms with Gasteiger partial charge in [-0.25, -0.2) is 4.39 Å². The molecule has 7 rings (SSSR count). The predicted octanol–water partition coefficient (Wildman–Crippen LogP) is 33.3. The van der Waals surface area contributed by atoms with E-state index >= 15 is 0 Å². The molecule has 0 bridgehead atoms. The first-order valence-corrected chi connectivity index (χ1v) is 44.8. The number of nitrogens with zero attached hydrogens (tertiary/aromatic N) is 1. The molecule has 0 unspecified atom stereocenters. The van der Waals surface area contributed by atoms with Crippen molar-refractivity contribution in [2.24, 2.45) is 0 Å². The smallest absolute Gasteiger partial charge is 0.261 e. The molecule has 2 amide bonds. The third-order valence-corrected chi connectivity index (χ3v) is 21.8. The zero-order valence-corrected chi connectivity index (χ0v) is 74.8. The van der Waals surface area contributed by atoms with Crippen molar-refractivity contribution in [3.8, 4) is 0 Å². The van der Waals surface area contributed by atoms with Gasteiger partial charge in [-0.05, 0) is 257 Å². The summed E-state index contributed by atoms with van der Waals surface area (Å²) in [6, 6.07) is 42.7. The lowest BCUT2D eigenvalue weighted by Crippen LogP contribution is -2.40. The molecular weight excluding hydrogens is 1380 g/mol. The molecule has 1 aliphatic heterocycles. The normalized spacial score (nSPS) is 12.5. The zero-order valence-electron chi connectivity index (χ0n) is 73.0. The van der Waals surface area contributed by atoms with Crippen molar-refractivity contribution in [3.05, 3.63) is 317 Å². The summed E-state index contributed by atoms with van der Waals surface area (Å²) in [5.41, 5.74) is 8.90. The Kier molecular flexibility index (Phi) is 79.7. The van der Waals surface area contributed by atoms with Crippen LogP contribution in [0.1, 0.15) is 295 Å². The molecule has 110 heavy (non-hydrogen) atoms. The Labute approximate surface area is 683 Å². The Hall–Kier alpha value is -7.74. The van der Waals surface area contributed by atoms with E-state index in [0.29, 0.717) is 22.7 Å². The Morgan fingerprint density at radius 1 is 0.445 bits per heavy atom.